The lowest BCUT2D eigenvalue weighted by Gasteiger charge is -2.35. The maximum atomic E-state index is 15.0. The Morgan fingerprint density at radius 3 is 2.76 bits per heavy atom. The number of hydrogen-bond donors (Lipinski definition) is 2. The normalized spacial score (nSPS) is 21.1. The van der Waals surface area contributed by atoms with Crippen molar-refractivity contribution in [1.29, 1.82) is 0 Å². The molecule has 3 aliphatic rings. The number of rotatable bonds is 4. The fraction of sp³-hybridized carbons (Fsp3) is 0.429. The lowest BCUT2D eigenvalue weighted by molar-refractivity contribution is -0.172. The van der Waals surface area contributed by atoms with Gasteiger partial charge in [0.15, 0.2) is 5.60 Å². The van der Waals surface area contributed by atoms with E-state index in [9.17, 15) is 29.0 Å². The molecule has 2 N–H and O–H groups in total. The van der Waals surface area contributed by atoms with Crippen molar-refractivity contribution < 1.29 is 28.9 Å². The van der Waals surface area contributed by atoms with Crippen molar-refractivity contribution in [1.82, 2.24) is 14.5 Å². The Morgan fingerprint density at radius 1 is 1.29 bits per heavy atom. The summed E-state index contributed by atoms with van der Waals surface area (Å²) in [6, 6.07) is 2.65. The molecule has 1 aromatic carbocycles. The van der Waals surface area contributed by atoms with Gasteiger partial charge in [0.2, 0.25) is 5.91 Å². The van der Waals surface area contributed by atoms with Crippen LogP contribution in [0.3, 0.4) is 0 Å². The largest absolute Gasteiger partial charge is 0.458 e. The molecule has 9 nitrogen and oxygen atoms in total. The number of pyridine rings is 2. The third-order valence-electron chi connectivity index (χ3n) is 8.53. The molecule has 198 valence electrons. The number of aliphatic hydroxyl groups excluding tert-OH is 1. The third-order valence-corrected chi connectivity index (χ3v) is 8.53. The fourth-order valence-corrected chi connectivity index (χ4v) is 6.36. The van der Waals surface area contributed by atoms with Gasteiger partial charge in [-0.25, -0.2) is 14.2 Å². The highest BCUT2D eigenvalue weighted by Gasteiger charge is 2.46. The van der Waals surface area contributed by atoms with Crippen molar-refractivity contribution in [2.24, 2.45) is 0 Å². The van der Waals surface area contributed by atoms with Gasteiger partial charge in [-0.3, -0.25) is 9.59 Å². The summed E-state index contributed by atoms with van der Waals surface area (Å²) < 4.78 is 21.7. The van der Waals surface area contributed by atoms with Crippen LogP contribution in [0.5, 0.6) is 0 Å². The zero-order chi connectivity index (χ0) is 27.1. The molecule has 4 heterocycles. The molecule has 2 aliphatic heterocycles. The van der Waals surface area contributed by atoms with Crippen LogP contribution in [0.2, 0.25) is 0 Å². The number of fused-ring (bicyclic) bond motifs is 5. The molecule has 0 bridgehead atoms. The summed E-state index contributed by atoms with van der Waals surface area (Å²) in [4.78, 5) is 45.4. The Kier molecular flexibility index (Phi) is 5.48. The first-order chi connectivity index (χ1) is 18.1. The van der Waals surface area contributed by atoms with Crippen LogP contribution < -0.4 is 5.56 Å². The number of nitrogens with zero attached hydrogens (tertiary/aromatic N) is 3. The molecular weight excluding hydrogens is 493 g/mol. The average molecular weight is 522 g/mol. The molecule has 0 spiro atoms. The smallest absolute Gasteiger partial charge is 0.343 e. The highest BCUT2D eigenvalue weighted by atomic mass is 19.1. The van der Waals surface area contributed by atoms with Crippen LogP contribution in [0.25, 0.3) is 22.3 Å². The summed E-state index contributed by atoms with van der Waals surface area (Å²) in [7, 11) is 1.69. The van der Waals surface area contributed by atoms with E-state index in [-0.39, 0.29) is 67.1 Å². The first kappa shape index (κ1) is 24.7. The standard InChI is InChI=1S/C28H28FN3O6/c1-4-28(37)17-9-21-25-15(11-32(21)26(35)16(17)12-38-27(28)36)24-20(31(3)22(34)7-8-33)6-5-14-13(2)18(29)10-19(30-25)23(14)24/h9-10,20,33,37H,4-8,11-12H2,1-3H3/t20-,28-/m0/s1. The number of cyclic esters (lactones) is 1. The topological polar surface area (TPSA) is 122 Å². The number of aliphatic hydroxyl groups is 2. The number of carbonyl (C=O) groups is 2. The van der Waals surface area contributed by atoms with Gasteiger partial charge in [0, 0.05) is 36.0 Å². The van der Waals surface area contributed by atoms with Crippen LogP contribution in [-0.4, -0.2) is 50.2 Å². The molecule has 10 heteroatoms. The van der Waals surface area contributed by atoms with E-state index in [1.807, 2.05) is 0 Å². The molecule has 38 heavy (non-hydrogen) atoms. The summed E-state index contributed by atoms with van der Waals surface area (Å²) >= 11 is 0. The minimum absolute atomic E-state index is 0.0191. The molecule has 6 rings (SSSR count). The van der Waals surface area contributed by atoms with Gasteiger partial charge in [-0.05, 0) is 48.9 Å². The van der Waals surface area contributed by atoms with E-state index in [0.29, 0.717) is 35.3 Å². The number of benzene rings is 1. The molecule has 0 fully saturated rings. The van der Waals surface area contributed by atoms with E-state index < -0.39 is 11.6 Å². The summed E-state index contributed by atoms with van der Waals surface area (Å²) in [6.45, 7) is 3.05. The first-order valence-corrected chi connectivity index (χ1v) is 12.8. The first-order valence-electron chi connectivity index (χ1n) is 12.8. The minimum atomic E-state index is -1.95. The maximum absolute atomic E-state index is 15.0. The molecule has 0 saturated heterocycles. The van der Waals surface area contributed by atoms with Gasteiger partial charge in [0.05, 0.1) is 41.7 Å². The fourth-order valence-electron chi connectivity index (χ4n) is 6.36. The van der Waals surface area contributed by atoms with E-state index in [1.54, 1.807) is 36.4 Å². The lowest BCUT2D eigenvalue weighted by Crippen LogP contribution is -2.44. The average Bonchev–Trinajstić information content (AvgIpc) is 3.28. The Balaban J connectivity index is 1.65. The monoisotopic (exact) mass is 521 g/mol. The van der Waals surface area contributed by atoms with Crippen molar-refractivity contribution in [2.75, 3.05) is 13.7 Å². The molecular formula is C28H28FN3O6. The molecule has 1 amide bonds. The molecule has 1 aliphatic carbocycles. The van der Waals surface area contributed by atoms with E-state index in [4.69, 9.17) is 9.72 Å². The number of ether oxygens (including phenoxy) is 1. The molecule has 3 aromatic rings. The Bertz CT molecular complexity index is 1630. The van der Waals surface area contributed by atoms with Crippen LogP contribution in [0.1, 0.15) is 65.6 Å². The van der Waals surface area contributed by atoms with Crippen LogP contribution in [0.4, 0.5) is 4.39 Å². The number of carbonyl (C=O) groups excluding carboxylic acids is 2. The molecule has 2 aromatic heterocycles. The van der Waals surface area contributed by atoms with Crippen LogP contribution in [-0.2, 0) is 39.5 Å². The second-order valence-corrected chi connectivity index (χ2v) is 10.3. The summed E-state index contributed by atoms with van der Waals surface area (Å²) in [6.07, 6.45) is 1.11. The number of aryl methyl sites for hydroxylation is 1. The van der Waals surface area contributed by atoms with Gasteiger partial charge in [-0.15, -0.1) is 0 Å². The molecule has 0 unspecified atom stereocenters. The van der Waals surface area contributed by atoms with Crippen molar-refractivity contribution in [3.63, 3.8) is 0 Å². The van der Waals surface area contributed by atoms with E-state index in [2.05, 4.69) is 0 Å². The van der Waals surface area contributed by atoms with Crippen LogP contribution in [0, 0.1) is 12.7 Å². The van der Waals surface area contributed by atoms with Crippen molar-refractivity contribution in [2.45, 2.75) is 64.3 Å². The van der Waals surface area contributed by atoms with E-state index in [1.165, 1.54) is 6.07 Å². The lowest BCUT2D eigenvalue weighted by atomic mass is 9.81. The number of amides is 1. The van der Waals surface area contributed by atoms with Crippen LogP contribution >= 0.6 is 0 Å². The minimum Gasteiger partial charge on any atom is -0.458 e. The molecule has 0 saturated carbocycles. The zero-order valence-electron chi connectivity index (χ0n) is 21.4. The third kappa shape index (κ3) is 3.16. The Hall–Kier alpha value is -3.63. The summed E-state index contributed by atoms with van der Waals surface area (Å²) in [5, 5.41) is 21.3. The number of esters is 1. The van der Waals surface area contributed by atoms with Gasteiger partial charge < -0.3 is 24.4 Å². The van der Waals surface area contributed by atoms with Crippen molar-refractivity contribution in [3.05, 3.63) is 61.7 Å². The summed E-state index contributed by atoms with van der Waals surface area (Å²) in [5.74, 6) is -1.40. The second-order valence-electron chi connectivity index (χ2n) is 10.3. The van der Waals surface area contributed by atoms with Gasteiger partial charge in [0.1, 0.15) is 12.4 Å². The van der Waals surface area contributed by atoms with Gasteiger partial charge in [0.25, 0.3) is 5.56 Å². The highest BCUT2D eigenvalue weighted by Crippen LogP contribution is 2.47. The summed E-state index contributed by atoms with van der Waals surface area (Å²) in [5.41, 5.74) is 2.37. The second kappa shape index (κ2) is 8.44. The maximum Gasteiger partial charge on any atom is 0.343 e. The number of hydrogen-bond acceptors (Lipinski definition) is 7. The zero-order valence-corrected chi connectivity index (χ0v) is 21.4. The van der Waals surface area contributed by atoms with E-state index >= 15 is 0 Å². The Labute approximate surface area is 217 Å². The SMILES string of the molecule is CC[C@@]1(O)C(=O)OCc2c1cc1n(c2=O)Cc2c-1nc1cc(F)c(C)c3c1c2[C@@H](N(C)C(=O)CCO)CC3. The highest BCUT2D eigenvalue weighted by molar-refractivity contribution is 5.94. The van der Waals surface area contributed by atoms with Crippen LogP contribution in [0.15, 0.2) is 16.9 Å². The Morgan fingerprint density at radius 2 is 2.05 bits per heavy atom. The quantitative estimate of drug-likeness (QED) is 0.396. The van der Waals surface area contributed by atoms with Crippen molar-refractivity contribution in [3.8, 4) is 11.4 Å². The predicted octanol–water partition coefficient (Wildman–Crippen LogP) is 2.36. The number of aromatic nitrogens is 2. The van der Waals surface area contributed by atoms with Gasteiger partial charge in [-0.2, -0.15) is 0 Å². The predicted molar refractivity (Wildman–Crippen MR) is 135 cm³/mol. The molecule has 2 atom stereocenters. The molecule has 0 radical (unpaired) electrons. The van der Waals surface area contributed by atoms with Crippen molar-refractivity contribution >= 4 is 22.8 Å². The van der Waals surface area contributed by atoms with Gasteiger partial charge in [-0.1, -0.05) is 6.92 Å². The van der Waals surface area contributed by atoms with E-state index in [0.717, 1.165) is 22.1 Å². The van der Waals surface area contributed by atoms with Gasteiger partial charge >= 0.3 is 5.97 Å². The number of halogens is 1.